The minimum Gasteiger partial charge on any atom is -0.369 e. The maximum atomic E-state index is 13.6. The fourth-order valence-corrected chi connectivity index (χ4v) is 6.31. The van der Waals surface area contributed by atoms with Crippen LogP contribution >= 0.6 is 0 Å². The van der Waals surface area contributed by atoms with Crippen molar-refractivity contribution in [3.05, 3.63) is 41.1 Å². The molecule has 180 valence electrons. The van der Waals surface area contributed by atoms with Gasteiger partial charge in [0.1, 0.15) is 0 Å². The summed E-state index contributed by atoms with van der Waals surface area (Å²) in [4.78, 5) is 17.3. The molecule has 1 aromatic heterocycles. The van der Waals surface area contributed by atoms with Crippen molar-refractivity contribution in [2.75, 3.05) is 44.2 Å². The van der Waals surface area contributed by atoms with Crippen molar-refractivity contribution >= 4 is 21.6 Å². The molecule has 0 aliphatic carbocycles. The molecule has 0 saturated carbocycles. The van der Waals surface area contributed by atoms with Crippen LogP contribution in [0.2, 0.25) is 0 Å². The molecule has 9 heteroatoms. The summed E-state index contributed by atoms with van der Waals surface area (Å²) < 4.78 is 30.3. The maximum Gasteiger partial charge on any atom is 0.263 e. The van der Waals surface area contributed by atoms with E-state index in [2.05, 4.69) is 49.0 Å². The van der Waals surface area contributed by atoms with E-state index in [0.717, 1.165) is 18.5 Å². The highest BCUT2D eigenvalue weighted by atomic mass is 32.2. The molecule has 0 radical (unpaired) electrons. The number of benzene rings is 1. The van der Waals surface area contributed by atoms with E-state index in [4.69, 9.17) is 0 Å². The lowest BCUT2D eigenvalue weighted by atomic mass is 10.00. The summed E-state index contributed by atoms with van der Waals surface area (Å²) in [6, 6.07) is 6.34. The molecular weight excluding hydrogens is 438 g/mol. The highest BCUT2D eigenvalue weighted by molar-refractivity contribution is 7.89. The van der Waals surface area contributed by atoms with Gasteiger partial charge in [-0.15, -0.1) is 0 Å². The summed E-state index contributed by atoms with van der Waals surface area (Å²) in [5, 5.41) is 4.24. The monoisotopic (exact) mass is 473 g/mol. The first-order valence-corrected chi connectivity index (χ1v) is 13.3. The van der Waals surface area contributed by atoms with Crippen LogP contribution in [0.25, 0.3) is 0 Å². The van der Waals surface area contributed by atoms with E-state index < -0.39 is 10.0 Å². The highest BCUT2D eigenvalue weighted by Crippen LogP contribution is 2.27. The molecule has 3 heterocycles. The van der Waals surface area contributed by atoms with Crippen LogP contribution in [0, 0.1) is 19.8 Å². The van der Waals surface area contributed by atoms with Crippen molar-refractivity contribution in [1.29, 1.82) is 0 Å². The molecule has 2 aromatic rings. The number of rotatable bonds is 5. The standard InChI is InChI=1S/C24H35N5O3S/c1-5-28-17-21(24(30)27-10-6-7-19(3)16-27)23(25-28)33(31,32)29-13-11-26(12-14-29)22-15-18(2)8-9-20(22)4/h8-9,15,17,19H,5-7,10-14,16H2,1-4H3/t19-/m0/s1. The van der Waals surface area contributed by atoms with Gasteiger partial charge in [0.15, 0.2) is 0 Å². The topological polar surface area (TPSA) is 78.8 Å². The van der Waals surface area contributed by atoms with Crippen molar-refractivity contribution in [1.82, 2.24) is 19.0 Å². The van der Waals surface area contributed by atoms with Crippen molar-refractivity contribution in [2.45, 2.75) is 52.1 Å². The summed E-state index contributed by atoms with van der Waals surface area (Å²) in [5.41, 5.74) is 3.72. The zero-order chi connectivity index (χ0) is 23.8. The van der Waals surface area contributed by atoms with Crippen LogP contribution in [0.15, 0.2) is 29.4 Å². The fourth-order valence-electron chi connectivity index (χ4n) is 4.80. The second-order valence-electron chi connectivity index (χ2n) is 9.38. The van der Waals surface area contributed by atoms with Crippen LogP contribution in [-0.2, 0) is 16.6 Å². The molecule has 1 amide bonds. The lowest BCUT2D eigenvalue weighted by Gasteiger charge is -2.36. The number of sulfonamides is 1. The Morgan fingerprint density at radius 1 is 1.12 bits per heavy atom. The number of hydrogen-bond donors (Lipinski definition) is 0. The first-order valence-electron chi connectivity index (χ1n) is 11.9. The third kappa shape index (κ3) is 4.80. The Labute approximate surface area is 197 Å². The number of aryl methyl sites for hydroxylation is 3. The second kappa shape index (κ2) is 9.46. The van der Waals surface area contributed by atoms with E-state index in [1.165, 1.54) is 15.4 Å². The molecule has 1 atom stereocenters. The number of carbonyl (C=O) groups is 1. The van der Waals surface area contributed by atoms with Gasteiger partial charge in [0.05, 0.1) is 5.56 Å². The second-order valence-corrected chi connectivity index (χ2v) is 11.2. The lowest BCUT2D eigenvalue weighted by molar-refractivity contribution is 0.0679. The van der Waals surface area contributed by atoms with E-state index in [1.807, 2.05) is 6.92 Å². The number of likely N-dealkylation sites (tertiary alicyclic amines) is 1. The maximum absolute atomic E-state index is 13.6. The Morgan fingerprint density at radius 3 is 2.52 bits per heavy atom. The fraction of sp³-hybridized carbons (Fsp3) is 0.583. The summed E-state index contributed by atoms with van der Waals surface area (Å²) in [5.74, 6) is 0.191. The molecule has 2 aliphatic rings. The van der Waals surface area contributed by atoms with Crippen molar-refractivity contribution in [2.24, 2.45) is 5.92 Å². The predicted molar refractivity (Wildman–Crippen MR) is 129 cm³/mol. The first-order chi connectivity index (χ1) is 15.7. The van der Waals surface area contributed by atoms with Crippen LogP contribution < -0.4 is 4.90 Å². The normalized spacial score (nSPS) is 20.3. The number of anilines is 1. The van der Waals surface area contributed by atoms with Gasteiger partial charge in [0.2, 0.25) is 5.03 Å². The van der Waals surface area contributed by atoms with Crippen LogP contribution in [0.1, 0.15) is 48.2 Å². The average molecular weight is 474 g/mol. The largest absolute Gasteiger partial charge is 0.369 e. The van der Waals surface area contributed by atoms with Gasteiger partial charge < -0.3 is 9.80 Å². The number of amides is 1. The van der Waals surface area contributed by atoms with Crippen LogP contribution in [0.4, 0.5) is 5.69 Å². The van der Waals surface area contributed by atoms with E-state index in [-0.39, 0.29) is 16.5 Å². The molecule has 0 N–H and O–H groups in total. The van der Waals surface area contributed by atoms with E-state index in [0.29, 0.717) is 51.7 Å². The first kappa shape index (κ1) is 23.8. The molecule has 0 bridgehead atoms. The molecule has 33 heavy (non-hydrogen) atoms. The molecule has 2 aliphatic heterocycles. The van der Waals surface area contributed by atoms with Crippen LogP contribution in [-0.4, -0.2) is 72.6 Å². The summed E-state index contributed by atoms with van der Waals surface area (Å²) in [7, 11) is -3.88. The summed E-state index contributed by atoms with van der Waals surface area (Å²) >= 11 is 0. The van der Waals surface area contributed by atoms with Gasteiger partial charge in [-0.05, 0) is 56.7 Å². The Kier molecular flexibility index (Phi) is 6.81. The van der Waals surface area contributed by atoms with Crippen LogP contribution in [0.3, 0.4) is 0 Å². The van der Waals surface area contributed by atoms with E-state index in [9.17, 15) is 13.2 Å². The molecule has 0 unspecified atom stereocenters. The molecule has 2 fully saturated rings. The average Bonchev–Trinajstić information content (AvgIpc) is 3.26. The predicted octanol–water partition coefficient (Wildman–Crippen LogP) is 2.90. The molecule has 0 spiro atoms. The highest BCUT2D eigenvalue weighted by Gasteiger charge is 2.36. The van der Waals surface area contributed by atoms with Gasteiger partial charge in [0, 0.05) is 57.7 Å². The lowest BCUT2D eigenvalue weighted by Crippen LogP contribution is -2.49. The van der Waals surface area contributed by atoms with Gasteiger partial charge in [0.25, 0.3) is 15.9 Å². The number of hydrogen-bond acceptors (Lipinski definition) is 5. The molecule has 8 nitrogen and oxygen atoms in total. The van der Waals surface area contributed by atoms with Crippen molar-refractivity contribution in [3.8, 4) is 0 Å². The summed E-state index contributed by atoms with van der Waals surface area (Å²) in [6.45, 7) is 11.9. The number of aromatic nitrogens is 2. The number of nitrogens with zero attached hydrogens (tertiary/aromatic N) is 5. The van der Waals surface area contributed by atoms with Gasteiger partial charge in [-0.25, -0.2) is 8.42 Å². The quantitative estimate of drug-likeness (QED) is 0.667. The number of carbonyl (C=O) groups excluding carboxylic acids is 1. The molecule has 4 rings (SSSR count). The Bertz CT molecular complexity index is 1120. The van der Waals surface area contributed by atoms with E-state index >= 15 is 0 Å². The smallest absolute Gasteiger partial charge is 0.263 e. The van der Waals surface area contributed by atoms with Crippen molar-refractivity contribution < 1.29 is 13.2 Å². The Balaban J connectivity index is 1.56. The van der Waals surface area contributed by atoms with Crippen LogP contribution in [0.5, 0.6) is 0 Å². The van der Waals surface area contributed by atoms with Gasteiger partial charge in [-0.1, -0.05) is 19.1 Å². The Hall–Kier alpha value is -2.39. The third-order valence-electron chi connectivity index (χ3n) is 6.75. The zero-order valence-corrected chi connectivity index (χ0v) is 20.9. The minimum atomic E-state index is -3.88. The van der Waals surface area contributed by atoms with Crippen molar-refractivity contribution in [3.63, 3.8) is 0 Å². The number of piperidine rings is 1. The number of piperazine rings is 1. The zero-order valence-electron chi connectivity index (χ0n) is 20.1. The SMILES string of the molecule is CCn1cc(C(=O)N2CCC[C@H](C)C2)c(S(=O)(=O)N2CCN(c3cc(C)ccc3C)CC2)n1. The molecule has 2 saturated heterocycles. The molecule has 1 aromatic carbocycles. The summed E-state index contributed by atoms with van der Waals surface area (Å²) in [6.07, 6.45) is 3.63. The van der Waals surface area contributed by atoms with E-state index in [1.54, 1.807) is 15.8 Å². The third-order valence-corrected chi connectivity index (χ3v) is 8.59. The van der Waals surface area contributed by atoms with Gasteiger partial charge >= 0.3 is 0 Å². The Morgan fingerprint density at radius 2 is 1.85 bits per heavy atom. The van der Waals surface area contributed by atoms with Gasteiger partial charge in [-0.3, -0.25) is 9.48 Å². The molecular formula is C24H35N5O3S. The van der Waals surface area contributed by atoms with Gasteiger partial charge in [-0.2, -0.15) is 9.40 Å². The minimum absolute atomic E-state index is 0.104.